The fourth-order valence-corrected chi connectivity index (χ4v) is 4.57. The smallest absolute Gasteiger partial charge is 0.336 e. The van der Waals surface area contributed by atoms with Crippen molar-refractivity contribution in [3.63, 3.8) is 0 Å². The van der Waals surface area contributed by atoms with E-state index < -0.39 is 36.4 Å². The van der Waals surface area contributed by atoms with Crippen LogP contribution in [0.1, 0.15) is 35.6 Å². The van der Waals surface area contributed by atoms with E-state index in [9.17, 15) is 19.2 Å². The van der Waals surface area contributed by atoms with E-state index in [2.05, 4.69) is 17.0 Å². The third-order valence-corrected chi connectivity index (χ3v) is 6.92. The molecule has 1 aliphatic rings. The quantitative estimate of drug-likeness (QED) is 0.261. The molecule has 1 aliphatic heterocycles. The fourth-order valence-electron chi connectivity index (χ4n) is 4.57. The number of ether oxygens (including phenoxy) is 3. The molecule has 1 saturated heterocycles. The molecule has 4 N–H and O–H groups in total. The van der Waals surface area contributed by atoms with Gasteiger partial charge in [-0.2, -0.15) is 0 Å². The van der Waals surface area contributed by atoms with Crippen molar-refractivity contribution in [2.75, 3.05) is 54.1 Å². The number of amides is 1. The second-order valence-corrected chi connectivity index (χ2v) is 10.2. The minimum atomic E-state index is -2.74. The van der Waals surface area contributed by atoms with Crippen molar-refractivity contribution in [3.8, 4) is 11.5 Å². The van der Waals surface area contributed by atoms with Gasteiger partial charge in [-0.05, 0) is 30.7 Å². The van der Waals surface area contributed by atoms with E-state index >= 15 is 0 Å². The summed E-state index contributed by atoms with van der Waals surface area (Å²) in [6, 6.07) is 14.2. The van der Waals surface area contributed by atoms with E-state index in [-0.39, 0.29) is 11.9 Å². The highest BCUT2D eigenvalue weighted by Crippen LogP contribution is 2.26. The maximum atomic E-state index is 13.0. The van der Waals surface area contributed by atoms with Gasteiger partial charge in [0, 0.05) is 32.2 Å². The van der Waals surface area contributed by atoms with Gasteiger partial charge < -0.3 is 39.5 Å². The predicted octanol–water partition coefficient (Wildman–Crippen LogP) is 1.84. The zero-order valence-electron chi connectivity index (χ0n) is 24.8. The van der Waals surface area contributed by atoms with Gasteiger partial charge in [-0.25, -0.2) is 4.79 Å². The fraction of sp³-hybridized carbons (Fsp3) is 0.467. The molecule has 3 rings (SSSR count). The molecule has 2 aromatic carbocycles. The van der Waals surface area contributed by atoms with Crippen molar-refractivity contribution in [1.29, 1.82) is 0 Å². The number of carboxylic acids is 3. The summed E-state index contributed by atoms with van der Waals surface area (Å²) >= 11 is 0. The third-order valence-electron chi connectivity index (χ3n) is 6.92. The molecule has 0 saturated carbocycles. The van der Waals surface area contributed by atoms with E-state index in [0.717, 1.165) is 35.7 Å². The number of nitrogens with zero attached hydrogens (tertiary/aromatic N) is 2. The van der Waals surface area contributed by atoms with Crippen molar-refractivity contribution >= 4 is 23.8 Å². The highest BCUT2D eigenvalue weighted by molar-refractivity contribution is 5.88. The third kappa shape index (κ3) is 10.9. The first kappa shape index (κ1) is 35.0. The highest BCUT2D eigenvalue weighted by Gasteiger charge is 2.40. The Hall–Kier alpha value is -4.20. The number of methoxy groups -OCH3 is 2. The van der Waals surface area contributed by atoms with Gasteiger partial charge in [0.2, 0.25) is 5.91 Å². The number of morpholine rings is 1. The number of carbonyl (C=O) groups excluding carboxylic acids is 1. The van der Waals surface area contributed by atoms with E-state index in [1.165, 1.54) is 5.56 Å². The summed E-state index contributed by atoms with van der Waals surface area (Å²) in [6.45, 7) is 5.76. The number of benzene rings is 2. The minimum absolute atomic E-state index is 0.0747. The van der Waals surface area contributed by atoms with E-state index in [4.69, 9.17) is 34.6 Å². The van der Waals surface area contributed by atoms with Crippen LogP contribution in [0.3, 0.4) is 0 Å². The van der Waals surface area contributed by atoms with Crippen molar-refractivity contribution in [3.05, 3.63) is 59.2 Å². The molecule has 1 heterocycles. The van der Waals surface area contributed by atoms with Crippen LogP contribution in [-0.4, -0.2) is 114 Å². The van der Waals surface area contributed by atoms with Crippen molar-refractivity contribution < 1.29 is 53.8 Å². The lowest BCUT2D eigenvalue weighted by Crippen LogP contribution is -2.44. The SMILES string of the molecule is COc1ccc(C(CN(C)C(=O)Cc2cc(C)ccc2OC)N2CCOCC2)cc1.O=C(O)CC(O)(CC(=O)O)C(=O)O. The Balaban J connectivity index is 0.000000420. The van der Waals surface area contributed by atoms with Gasteiger partial charge in [0.05, 0.1) is 52.7 Å². The molecule has 0 radical (unpaired) electrons. The standard InChI is InChI=1S/C24H32N2O4.C6H8O7/c1-18-5-10-23(29-4)20(15-18)16-24(27)25(2)17-22(26-11-13-30-14-12-26)19-6-8-21(28-3)9-7-19;7-3(8)1-6(13,5(11)12)2-4(9)10/h5-10,15,22H,11-14,16-17H2,1-4H3;13H,1-2H2,(H,7,8)(H,9,10)(H,11,12). The Kier molecular flexibility index (Phi) is 13.4. The summed E-state index contributed by atoms with van der Waals surface area (Å²) in [4.78, 5) is 47.8. The van der Waals surface area contributed by atoms with Gasteiger partial charge in [0.15, 0.2) is 5.60 Å². The zero-order chi connectivity index (χ0) is 32.2. The number of hydrogen-bond donors (Lipinski definition) is 4. The molecule has 13 nitrogen and oxygen atoms in total. The first-order valence-corrected chi connectivity index (χ1v) is 13.5. The Bertz CT molecular complexity index is 1230. The molecular formula is C30H40N2O11. The first-order chi connectivity index (χ1) is 20.3. The Morgan fingerprint density at radius 3 is 2.02 bits per heavy atom. The van der Waals surface area contributed by atoms with Crippen molar-refractivity contribution in [1.82, 2.24) is 9.80 Å². The number of aryl methyl sites for hydroxylation is 1. The van der Waals surface area contributed by atoms with E-state index in [1.54, 1.807) is 14.2 Å². The topological polar surface area (TPSA) is 183 Å². The van der Waals surface area contributed by atoms with Crippen LogP contribution in [-0.2, 0) is 30.3 Å². The summed E-state index contributed by atoms with van der Waals surface area (Å²) in [6.07, 6.45) is -1.97. The van der Waals surface area contributed by atoms with Crippen LogP contribution in [0.25, 0.3) is 0 Å². The molecule has 0 aromatic heterocycles. The van der Waals surface area contributed by atoms with Crippen LogP contribution >= 0.6 is 0 Å². The molecule has 1 amide bonds. The second kappa shape index (κ2) is 16.4. The van der Waals surface area contributed by atoms with Gasteiger partial charge in [0.25, 0.3) is 0 Å². The average Bonchev–Trinajstić information content (AvgIpc) is 2.96. The van der Waals surface area contributed by atoms with Gasteiger partial charge in [-0.3, -0.25) is 19.3 Å². The van der Waals surface area contributed by atoms with Crippen LogP contribution in [0.4, 0.5) is 0 Å². The minimum Gasteiger partial charge on any atom is -0.497 e. The Labute approximate surface area is 250 Å². The van der Waals surface area contributed by atoms with Gasteiger partial charge >= 0.3 is 17.9 Å². The zero-order valence-corrected chi connectivity index (χ0v) is 24.8. The molecule has 1 atom stereocenters. The molecule has 0 bridgehead atoms. The molecule has 13 heteroatoms. The number of rotatable bonds is 13. The highest BCUT2D eigenvalue weighted by atomic mass is 16.5. The van der Waals surface area contributed by atoms with E-state index in [0.29, 0.717) is 26.2 Å². The summed E-state index contributed by atoms with van der Waals surface area (Å²) in [7, 11) is 5.18. The second-order valence-electron chi connectivity index (χ2n) is 10.2. The van der Waals surface area contributed by atoms with Crippen molar-refractivity contribution in [2.24, 2.45) is 0 Å². The number of aliphatic carboxylic acids is 3. The summed E-state index contributed by atoms with van der Waals surface area (Å²) in [5.41, 5.74) is 0.468. The van der Waals surface area contributed by atoms with Gasteiger partial charge in [0.1, 0.15) is 11.5 Å². The maximum Gasteiger partial charge on any atom is 0.336 e. The van der Waals surface area contributed by atoms with Crippen molar-refractivity contribution in [2.45, 2.75) is 37.8 Å². The number of likely N-dealkylation sites (N-methyl/N-ethyl adjacent to an activating group) is 1. The van der Waals surface area contributed by atoms with E-state index in [1.807, 2.05) is 49.2 Å². The largest absolute Gasteiger partial charge is 0.497 e. The van der Waals surface area contributed by atoms with Crippen LogP contribution in [0.5, 0.6) is 11.5 Å². The summed E-state index contributed by atoms with van der Waals surface area (Å²) in [5, 5.41) is 33.8. The maximum absolute atomic E-state index is 13.0. The molecule has 0 spiro atoms. The number of carbonyl (C=O) groups is 4. The average molecular weight is 605 g/mol. The monoisotopic (exact) mass is 604 g/mol. The molecule has 43 heavy (non-hydrogen) atoms. The molecule has 2 aromatic rings. The molecule has 1 unspecified atom stereocenters. The number of aliphatic hydroxyl groups is 1. The molecule has 1 fully saturated rings. The Morgan fingerprint density at radius 2 is 1.53 bits per heavy atom. The first-order valence-electron chi connectivity index (χ1n) is 13.5. The normalized spacial score (nSPS) is 14.1. The number of carboxylic acid groups (broad SMARTS) is 3. The summed E-state index contributed by atoms with van der Waals surface area (Å²) < 4.78 is 16.3. The predicted molar refractivity (Wildman–Crippen MR) is 154 cm³/mol. The lowest BCUT2D eigenvalue weighted by atomic mass is 9.96. The van der Waals surface area contributed by atoms with Gasteiger partial charge in [-0.1, -0.05) is 29.8 Å². The van der Waals surface area contributed by atoms with Crippen LogP contribution in [0, 0.1) is 6.92 Å². The van der Waals surface area contributed by atoms with Crippen LogP contribution in [0.2, 0.25) is 0 Å². The lowest BCUT2D eigenvalue weighted by Gasteiger charge is -2.37. The summed E-state index contributed by atoms with van der Waals surface area (Å²) in [5.74, 6) is -3.36. The lowest BCUT2D eigenvalue weighted by molar-refractivity contribution is -0.170. The van der Waals surface area contributed by atoms with Gasteiger partial charge in [-0.15, -0.1) is 0 Å². The Morgan fingerprint density at radius 1 is 0.953 bits per heavy atom. The van der Waals surface area contributed by atoms with Crippen LogP contribution < -0.4 is 9.47 Å². The molecule has 0 aliphatic carbocycles. The number of hydrogen-bond acceptors (Lipinski definition) is 9. The molecule has 236 valence electrons. The molecular weight excluding hydrogens is 564 g/mol. The van der Waals surface area contributed by atoms with Crippen LogP contribution in [0.15, 0.2) is 42.5 Å².